The molecule has 0 radical (unpaired) electrons. The highest BCUT2D eigenvalue weighted by atomic mass is 16.5. The summed E-state index contributed by atoms with van der Waals surface area (Å²) < 4.78 is 5.73. The van der Waals surface area contributed by atoms with Gasteiger partial charge in [0, 0.05) is 17.8 Å². The Morgan fingerprint density at radius 1 is 1.21 bits per heavy atom. The van der Waals surface area contributed by atoms with Gasteiger partial charge in [-0.3, -0.25) is 4.79 Å². The second-order valence-corrected chi connectivity index (χ2v) is 9.00. The first-order chi connectivity index (χ1) is 11.3. The van der Waals surface area contributed by atoms with Gasteiger partial charge in [-0.15, -0.1) is 0 Å². The summed E-state index contributed by atoms with van der Waals surface area (Å²) in [6.07, 6.45) is 14.3. The lowest BCUT2D eigenvalue weighted by Crippen LogP contribution is -2.50. The van der Waals surface area contributed by atoms with Crippen LogP contribution in [0.25, 0.3) is 0 Å². The van der Waals surface area contributed by atoms with Crippen molar-refractivity contribution in [3.8, 4) is 0 Å². The fourth-order valence-electron chi connectivity index (χ4n) is 6.62. The predicted molar refractivity (Wildman–Crippen MR) is 96.3 cm³/mol. The van der Waals surface area contributed by atoms with Crippen molar-refractivity contribution in [3.63, 3.8) is 0 Å². The van der Waals surface area contributed by atoms with Gasteiger partial charge in [0.2, 0.25) is 0 Å². The Labute approximate surface area is 146 Å². The lowest BCUT2D eigenvalue weighted by molar-refractivity contribution is -0.156. The van der Waals surface area contributed by atoms with E-state index >= 15 is 0 Å². The van der Waals surface area contributed by atoms with E-state index in [0.717, 1.165) is 23.8 Å². The minimum absolute atomic E-state index is 0.112. The van der Waals surface area contributed by atoms with Crippen molar-refractivity contribution in [1.29, 1.82) is 0 Å². The number of carbonyl (C=O) groups excluding carboxylic acids is 1. The van der Waals surface area contributed by atoms with Crippen LogP contribution in [0, 0.1) is 28.6 Å². The first kappa shape index (κ1) is 16.2. The summed E-state index contributed by atoms with van der Waals surface area (Å²) in [6, 6.07) is 0. The summed E-state index contributed by atoms with van der Waals surface area (Å²) in [6.45, 7) is 10.5. The molecule has 2 nitrogen and oxygen atoms in total. The van der Waals surface area contributed by atoms with E-state index in [0.29, 0.717) is 5.92 Å². The zero-order chi connectivity index (χ0) is 17.1. The van der Waals surface area contributed by atoms with Gasteiger partial charge in [0.15, 0.2) is 0 Å². The molecule has 0 aromatic carbocycles. The molecular formula is C22H30O2. The van der Waals surface area contributed by atoms with E-state index in [1.165, 1.54) is 32.1 Å². The molecule has 0 saturated heterocycles. The summed E-state index contributed by atoms with van der Waals surface area (Å²) in [5.41, 5.74) is 3.14. The maximum Gasteiger partial charge on any atom is 0.302 e. The van der Waals surface area contributed by atoms with Gasteiger partial charge in [-0.25, -0.2) is 0 Å². The molecule has 24 heavy (non-hydrogen) atoms. The zero-order valence-electron chi connectivity index (χ0n) is 15.3. The van der Waals surface area contributed by atoms with Crippen molar-refractivity contribution in [2.45, 2.75) is 65.4 Å². The molecule has 0 heterocycles. The lowest BCUT2D eigenvalue weighted by atomic mass is 9.48. The third-order valence-electron chi connectivity index (χ3n) is 7.87. The number of rotatable bonds is 1. The van der Waals surface area contributed by atoms with Gasteiger partial charge < -0.3 is 4.74 Å². The maximum atomic E-state index is 11.5. The van der Waals surface area contributed by atoms with Crippen LogP contribution in [0.5, 0.6) is 0 Å². The molecule has 3 fully saturated rings. The van der Waals surface area contributed by atoms with Gasteiger partial charge in [-0.1, -0.05) is 44.2 Å². The van der Waals surface area contributed by atoms with Gasteiger partial charge in [-0.05, 0) is 61.9 Å². The van der Waals surface area contributed by atoms with Crippen molar-refractivity contribution in [2.24, 2.45) is 28.6 Å². The van der Waals surface area contributed by atoms with Crippen molar-refractivity contribution < 1.29 is 9.53 Å². The summed E-state index contributed by atoms with van der Waals surface area (Å²) in [4.78, 5) is 11.5. The van der Waals surface area contributed by atoms with Crippen LogP contribution < -0.4 is 0 Å². The van der Waals surface area contributed by atoms with E-state index in [4.69, 9.17) is 4.74 Å². The Hall–Kier alpha value is -1.31. The number of fused-ring (bicyclic) bond motifs is 5. The van der Waals surface area contributed by atoms with Gasteiger partial charge in [0.25, 0.3) is 0 Å². The Morgan fingerprint density at radius 2 is 2.00 bits per heavy atom. The molecule has 0 unspecified atom stereocenters. The molecule has 0 N–H and O–H groups in total. The van der Waals surface area contributed by atoms with Crippen LogP contribution in [0.2, 0.25) is 0 Å². The Bertz CT molecular complexity index is 642. The molecule has 3 saturated carbocycles. The van der Waals surface area contributed by atoms with Gasteiger partial charge in [0.1, 0.15) is 6.10 Å². The highest BCUT2D eigenvalue weighted by Crippen LogP contribution is 2.65. The van der Waals surface area contributed by atoms with Gasteiger partial charge in [0.05, 0.1) is 0 Å². The fourth-order valence-corrected chi connectivity index (χ4v) is 6.62. The molecule has 0 aromatic heterocycles. The van der Waals surface area contributed by atoms with E-state index in [9.17, 15) is 4.79 Å². The van der Waals surface area contributed by atoms with Crippen LogP contribution >= 0.6 is 0 Å². The fraction of sp³-hybridized carbons (Fsp3) is 0.682. The summed E-state index contributed by atoms with van der Waals surface area (Å²) >= 11 is 0. The molecule has 0 aliphatic heterocycles. The maximum absolute atomic E-state index is 11.5. The van der Waals surface area contributed by atoms with Crippen LogP contribution in [0.4, 0.5) is 0 Å². The average molecular weight is 326 g/mol. The highest BCUT2D eigenvalue weighted by Gasteiger charge is 2.59. The quantitative estimate of drug-likeness (QED) is 0.618. The molecule has 2 heteroatoms. The normalized spacial score (nSPS) is 46.6. The van der Waals surface area contributed by atoms with E-state index in [-0.39, 0.29) is 22.9 Å². The average Bonchev–Trinajstić information content (AvgIpc) is 2.84. The third kappa shape index (κ3) is 2.18. The van der Waals surface area contributed by atoms with Crippen molar-refractivity contribution in [2.75, 3.05) is 0 Å². The first-order valence-electron chi connectivity index (χ1n) is 9.61. The Kier molecular flexibility index (Phi) is 3.60. The van der Waals surface area contributed by atoms with Gasteiger partial charge >= 0.3 is 5.97 Å². The van der Waals surface area contributed by atoms with E-state index in [2.05, 4.69) is 38.7 Å². The Balaban J connectivity index is 1.63. The number of hydrogen-bond acceptors (Lipinski definition) is 2. The van der Waals surface area contributed by atoms with Crippen LogP contribution in [-0.4, -0.2) is 12.1 Å². The molecule has 6 atom stereocenters. The third-order valence-corrected chi connectivity index (χ3v) is 7.87. The zero-order valence-corrected chi connectivity index (χ0v) is 15.3. The van der Waals surface area contributed by atoms with Crippen molar-refractivity contribution >= 4 is 5.97 Å². The van der Waals surface area contributed by atoms with Gasteiger partial charge in [-0.2, -0.15) is 0 Å². The number of carbonyl (C=O) groups is 1. The van der Waals surface area contributed by atoms with Crippen LogP contribution in [-0.2, 0) is 9.53 Å². The lowest BCUT2D eigenvalue weighted by Gasteiger charge is -2.56. The molecule has 4 aliphatic rings. The topological polar surface area (TPSA) is 26.3 Å². The largest absolute Gasteiger partial charge is 0.462 e. The standard InChI is InChI=1S/C22H30O2/c1-14-9-11-21(3)16(13-14)5-6-17-18-7-8-20(24-15(2)23)22(18,4)12-10-19(17)21/h9,11,13,17-20H,1,5-8,10,12H2,2-4H3/t17-,18-,19-,20-,21-,22-/m0/s1. The molecular weight excluding hydrogens is 296 g/mol. The summed E-state index contributed by atoms with van der Waals surface area (Å²) in [5, 5.41) is 0. The minimum Gasteiger partial charge on any atom is -0.462 e. The second-order valence-electron chi connectivity index (χ2n) is 9.00. The number of allylic oxidation sites excluding steroid dienone is 5. The van der Waals surface area contributed by atoms with Crippen LogP contribution in [0.3, 0.4) is 0 Å². The number of hydrogen-bond donors (Lipinski definition) is 0. The predicted octanol–water partition coefficient (Wildman–Crippen LogP) is 5.21. The van der Waals surface area contributed by atoms with Crippen LogP contribution in [0.1, 0.15) is 59.3 Å². The second kappa shape index (κ2) is 5.34. The molecule has 130 valence electrons. The number of esters is 1. The smallest absolute Gasteiger partial charge is 0.302 e. The van der Waals surface area contributed by atoms with E-state index in [1.54, 1.807) is 12.5 Å². The van der Waals surface area contributed by atoms with Crippen LogP contribution in [0.15, 0.2) is 36.0 Å². The molecule has 0 spiro atoms. The molecule has 4 aliphatic carbocycles. The SMILES string of the molecule is C=C1C=C[C@@]2(C)C(=C1)CC[C@H]1[C@@H]3CC[C@H](OC(C)=O)[C@@]3(C)CC[C@@H]12. The van der Waals surface area contributed by atoms with Crippen molar-refractivity contribution in [1.82, 2.24) is 0 Å². The molecule has 0 aromatic rings. The van der Waals surface area contributed by atoms with E-state index < -0.39 is 0 Å². The number of ether oxygens (including phenoxy) is 1. The minimum atomic E-state index is -0.112. The monoisotopic (exact) mass is 326 g/mol. The first-order valence-corrected chi connectivity index (χ1v) is 9.61. The Morgan fingerprint density at radius 3 is 2.75 bits per heavy atom. The van der Waals surface area contributed by atoms with Crippen molar-refractivity contribution in [3.05, 3.63) is 36.0 Å². The summed E-state index contributed by atoms with van der Waals surface area (Å²) in [7, 11) is 0. The molecule has 0 amide bonds. The highest BCUT2D eigenvalue weighted by molar-refractivity contribution is 5.66. The summed E-state index contributed by atoms with van der Waals surface area (Å²) in [5.74, 6) is 2.09. The van der Waals surface area contributed by atoms with E-state index in [1.807, 2.05) is 0 Å². The molecule has 4 rings (SSSR count). The molecule has 0 bridgehead atoms.